The summed E-state index contributed by atoms with van der Waals surface area (Å²) in [6, 6.07) is 9.33. The van der Waals surface area contributed by atoms with Crippen LogP contribution >= 0.6 is 0 Å². The highest BCUT2D eigenvalue weighted by molar-refractivity contribution is 6.06. The van der Waals surface area contributed by atoms with Crippen molar-refractivity contribution in [2.45, 2.75) is 26.4 Å². The van der Waals surface area contributed by atoms with E-state index in [1.54, 1.807) is 7.11 Å². The molecule has 1 amide bonds. The number of hydrogen-bond donors (Lipinski definition) is 2. The van der Waals surface area contributed by atoms with Crippen LogP contribution in [0.25, 0.3) is 11.0 Å². The zero-order valence-corrected chi connectivity index (χ0v) is 13.3. The van der Waals surface area contributed by atoms with Crippen molar-refractivity contribution in [2.75, 3.05) is 12.4 Å². The number of methoxy groups -OCH3 is 1. The van der Waals surface area contributed by atoms with Crippen LogP contribution < -0.4 is 5.32 Å². The number of fused-ring (bicyclic) bond motifs is 1. The third-order valence-corrected chi connectivity index (χ3v) is 3.65. The number of para-hydroxylation sites is 1. The number of carbonyl (C=O) groups excluding carboxylic acids is 1. The number of carbonyl (C=O) groups is 1. The second-order valence-corrected chi connectivity index (χ2v) is 5.66. The fraction of sp³-hybridized carbons (Fsp3) is 0.294. The lowest BCUT2D eigenvalue weighted by atomic mass is 10.1. The van der Waals surface area contributed by atoms with Crippen molar-refractivity contribution in [3.63, 3.8) is 0 Å². The van der Waals surface area contributed by atoms with Gasteiger partial charge in [0.2, 0.25) is 0 Å². The second kappa shape index (κ2) is 6.26. The van der Waals surface area contributed by atoms with Gasteiger partial charge in [-0.15, -0.1) is 0 Å². The van der Waals surface area contributed by atoms with E-state index in [-0.39, 0.29) is 11.7 Å². The molecule has 0 aliphatic heterocycles. The number of rotatable bonds is 5. The van der Waals surface area contributed by atoms with E-state index in [9.17, 15) is 4.79 Å². The minimum Gasteiger partial charge on any atom is -0.451 e. The topological polar surface area (TPSA) is 80.1 Å². The van der Waals surface area contributed by atoms with Gasteiger partial charge in [0.1, 0.15) is 5.58 Å². The molecular formula is C17H19N3O3. The summed E-state index contributed by atoms with van der Waals surface area (Å²) in [5, 5.41) is 10.7. The van der Waals surface area contributed by atoms with Crippen LogP contribution in [0.4, 0.5) is 5.82 Å². The van der Waals surface area contributed by atoms with Crippen LogP contribution in [-0.2, 0) is 11.3 Å². The molecule has 0 atom stereocenters. The molecule has 1 aromatic carbocycles. The number of aromatic amines is 1. The van der Waals surface area contributed by atoms with Crippen molar-refractivity contribution in [1.29, 1.82) is 0 Å². The van der Waals surface area contributed by atoms with Crippen molar-refractivity contribution in [3.05, 3.63) is 47.3 Å². The molecule has 120 valence electrons. The predicted molar refractivity (Wildman–Crippen MR) is 87.6 cm³/mol. The smallest absolute Gasteiger partial charge is 0.292 e. The molecule has 3 aromatic rings. The van der Waals surface area contributed by atoms with Gasteiger partial charge in [0.25, 0.3) is 5.91 Å². The Hall–Kier alpha value is -2.60. The molecule has 6 nitrogen and oxygen atoms in total. The van der Waals surface area contributed by atoms with E-state index >= 15 is 0 Å². The molecule has 0 saturated heterocycles. The van der Waals surface area contributed by atoms with Crippen LogP contribution in [-0.4, -0.2) is 23.2 Å². The first-order chi connectivity index (χ1) is 11.1. The Morgan fingerprint density at radius 2 is 2.17 bits per heavy atom. The standard InChI is InChI=1S/C17H19N3O3/c1-10(2)13-8-15(20-19-13)18-17(21)16-12(9-22-3)11-6-4-5-7-14(11)23-16/h4-8,10H,9H2,1-3H3,(H2,18,19,20,21). The molecule has 6 heteroatoms. The van der Waals surface area contributed by atoms with Crippen LogP contribution in [0, 0.1) is 0 Å². The third kappa shape index (κ3) is 2.98. The lowest BCUT2D eigenvalue weighted by Gasteiger charge is -2.02. The van der Waals surface area contributed by atoms with E-state index in [4.69, 9.17) is 9.15 Å². The van der Waals surface area contributed by atoms with Crippen LogP contribution in [0.5, 0.6) is 0 Å². The van der Waals surface area contributed by atoms with Gasteiger partial charge in [0.15, 0.2) is 11.6 Å². The van der Waals surface area contributed by atoms with E-state index in [0.29, 0.717) is 23.9 Å². The maximum absolute atomic E-state index is 12.5. The summed E-state index contributed by atoms with van der Waals surface area (Å²) in [6.45, 7) is 4.40. The Balaban J connectivity index is 1.91. The zero-order chi connectivity index (χ0) is 16.4. The number of hydrogen-bond acceptors (Lipinski definition) is 4. The summed E-state index contributed by atoms with van der Waals surface area (Å²) in [7, 11) is 1.59. The van der Waals surface area contributed by atoms with Gasteiger partial charge in [-0.3, -0.25) is 9.89 Å². The molecule has 0 spiro atoms. The van der Waals surface area contributed by atoms with Gasteiger partial charge in [-0.2, -0.15) is 5.10 Å². The van der Waals surface area contributed by atoms with Crippen molar-refractivity contribution in [3.8, 4) is 0 Å². The molecule has 0 bridgehead atoms. The molecule has 0 radical (unpaired) electrons. The van der Waals surface area contributed by atoms with E-state index < -0.39 is 0 Å². The average Bonchev–Trinajstić information content (AvgIpc) is 3.13. The maximum atomic E-state index is 12.5. The average molecular weight is 313 g/mol. The van der Waals surface area contributed by atoms with Gasteiger partial charge in [0.05, 0.1) is 6.61 Å². The molecule has 3 rings (SSSR count). The van der Waals surface area contributed by atoms with E-state index in [2.05, 4.69) is 29.4 Å². The quantitative estimate of drug-likeness (QED) is 0.753. The number of H-pyrrole nitrogens is 1. The fourth-order valence-corrected chi connectivity index (χ4v) is 2.44. The summed E-state index contributed by atoms with van der Waals surface area (Å²) in [6.07, 6.45) is 0. The highest BCUT2D eigenvalue weighted by atomic mass is 16.5. The van der Waals surface area contributed by atoms with Crippen molar-refractivity contribution < 1.29 is 13.9 Å². The van der Waals surface area contributed by atoms with E-state index in [0.717, 1.165) is 16.6 Å². The van der Waals surface area contributed by atoms with Gasteiger partial charge < -0.3 is 14.5 Å². The predicted octanol–water partition coefficient (Wildman–Crippen LogP) is 3.68. The number of nitrogens with one attached hydrogen (secondary N) is 2. The fourth-order valence-electron chi connectivity index (χ4n) is 2.44. The van der Waals surface area contributed by atoms with Gasteiger partial charge in [-0.05, 0) is 12.0 Å². The molecule has 23 heavy (non-hydrogen) atoms. The molecule has 0 aliphatic carbocycles. The highest BCUT2D eigenvalue weighted by Crippen LogP contribution is 2.27. The lowest BCUT2D eigenvalue weighted by molar-refractivity contribution is 0.0991. The number of aromatic nitrogens is 2. The third-order valence-electron chi connectivity index (χ3n) is 3.65. The van der Waals surface area contributed by atoms with Crippen LogP contribution in [0.2, 0.25) is 0 Å². The van der Waals surface area contributed by atoms with Crippen molar-refractivity contribution in [1.82, 2.24) is 10.2 Å². The Bertz CT molecular complexity index is 833. The molecule has 0 aliphatic rings. The van der Waals surface area contributed by atoms with Gasteiger partial charge >= 0.3 is 0 Å². The van der Waals surface area contributed by atoms with E-state index in [1.807, 2.05) is 30.3 Å². The van der Waals surface area contributed by atoms with E-state index in [1.165, 1.54) is 0 Å². The van der Waals surface area contributed by atoms with Crippen molar-refractivity contribution in [2.24, 2.45) is 0 Å². The lowest BCUT2D eigenvalue weighted by Crippen LogP contribution is -2.13. The van der Waals surface area contributed by atoms with Gasteiger partial charge in [-0.1, -0.05) is 32.0 Å². The molecule has 0 unspecified atom stereocenters. The van der Waals surface area contributed by atoms with Crippen molar-refractivity contribution >= 4 is 22.7 Å². The van der Waals surface area contributed by atoms with Crippen LogP contribution in [0.1, 0.15) is 41.6 Å². The summed E-state index contributed by atoms with van der Waals surface area (Å²) >= 11 is 0. The summed E-state index contributed by atoms with van der Waals surface area (Å²) in [4.78, 5) is 12.5. The number of furan rings is 1. The molecule has 2 aromatic heterocycles. The first-order valence-corrected chi connectivity index (χ1v) is 7.46. The minimum atomic E-state index is -0.338. The second-order valence-electron chi connectivity index (χ2n) is 5.66. The number of benzene rings is 1. The summed E-state index contributed by atoms with van der Waals surface area (Å²) in [5.74, 6) is 0.697. The Kier molecular flexibility index (Phi) is 4.16. The SMILES string of the molecule is COCc1c(C(=O)Nc2cc(C(C)C)[nH]n2)oc2ccccc12. The van der Waals surface area contributed by atoms with Crippen LogP contribution in [0.3, 0.4) is 0 Å². The molecule has 2 N–H and O–H groups in total. The van der Waals surface area contributed by atoms with Crippen LogP contribution in [0.15, 0.2) is 34.7 Å². The Morgan fingerprint density at radius 1 is 1.39 bits per heavy atom. The minimum absolute atomic E-state index is 0.252. The highest BCUT2D eigenvalue weighted by Gasteiger charge is 2.21. The van der Waals surface area contributed by atoms with Gasteiger partial charge in [0, 0.05) is 29.8 Å². The number of nitrogens with zero attached hydrogens (tertiary/aromatic N) is 1. The van der Waals surface area contributed by atoms with Gasteiger partial charge in [-0.25, -0.2) is 0 Å². The summed E-state index contributed by atoms with van der Waals surface area (Å²) < 4.78 is 10.9. The molecule has 2 heterocycles. The molecular weight excluding hydrogens is 294 g/mol. The normalized spacial score (nSPS) is 11.3. The number of amides is 1. The first kappa shape index (κ1) is 15.3. The Morgan fingerprint density at radius 3 is 2.87 bits per heavy atom. The monoisotopic (exact) mass is 313 g/mol. The molecule has 0 saturated carbocycles. The molecule has 0 fully saturated rings. The largest absolute Gasteiger partial charge is 0.451 e. The maximum Gasteiger partial charge on any atom is 0.292 e. The number of ether oxygens (including phenoxy) is 1. The number of anilines is 1. The Labute approximate surface area is 133 Å². The zero-order valence-electron chi connectivity index (χ0n) is 13.3. The summed E-state index contributed by atoms with van der Waals surface area (Å²) in [5.41, 5.74) is 2.36. The first-order valence-electron chi connectivity index (χ1n) is 7.46.